The Morgan fingerprint density at radius 1 is 1.42 bits per heavy atom. The molecule has 62 valence electrons. The van der Waals surface area contributed by atoms with Gasteiger partial charge in [0.05, 0.1) is 0 Å². The molecule has 2 nitrogen and oxygen atoms in total. The monoisotopic (exact) mass is 160 g/mol. The molecule has 2 heteroatoms. The van der Waals surface area contributed by atoms with Gasteiger partial charge in [-0.3, -0.25) is 4.99 Å². The Morgan fingerprint density at radius 3 is 3.08 bits per heavy atom. The zero-order chi connectivity index (χ0) is 8.55. The lowest BCUT2D eigenvalue weighted by Crippen LogP contribution is -2.21. The van der Waals surface area contributed by atoms with Gasteiger partial charge in [0, 0.05) is 24.5 Å². The molecule has 0 aliphatic carbocycles. The highest BCUT2D eigenvalue weighted by Crippen LogP contribution is 2.21. The fourth-order valence-corrected chi connectivity index (χ4v) is 1.46. The molecule has 1 aliphatic rings. The Hall–Kier alpha value is -1.31. The van der Waals surface area contributed by atoms with Crippen LogP contribution in [0.3, 0.4) is 0 Å². The molecule has 0 spiro atoms. The SMILES string of the molecule is Cc1ccc2c(c1)C=NCN2C. The first-order chi connectivity index (χ1) is 5.77. The maximum atomic E-state index is 4.24. The zero-order valence-corrected chi connectivity index (χ0v) is 7.41. The number of fused-ring (bicyclic) bond motifs is 1. The first-order valence-corrected chi connectivity index (χ1v) is 4.09. The summed E-state index contributed by atoms with van der Waals surface area (Å²) in [5.41, 5.74) is 3.79. The summed E-state index contributed by atoms with van der Waals surface area (Å²) in [5.74, 6) is 0. The summed E-state index contributed by atoms with van der Waals surface area (Å²) in [7, 11) is 2.06. The molecule has 12 heavy (non-hydrogen) atoms. The van der Waals surface area contributed by atoms with Crippen LogP contribution in [0.15, 0.2) is 23.2 Å². The van der Waals surface area contributed by atoms with Crippen molar-refractivity contribution < 1.29 is 0 Å². The van der Waals surface area contributed by atoms with E-state index in [-0.39, 0.29) is 0 Å². The van der Waals surface area contributed by atoms with Crippen LogP contribution in [-0.4, -0.2) is 19.9 Å². The predicted octanol–water partition coefficient (Wildman–Crippen LogP) is 1.82. The first kappa shape index (κ1) is 7.35. The summed E-state index contributed by atoms with van der Waals surface area (Å²) in [6.07, 6.45) is 1.95. The van der Waals surface area contributed by atoms with Gasteiger partial charge in [-0.1, -0.05) is 11.6 Å². The van der Waals surface area contributed by atoms with Gasteiger partial charge in [0.25, 0.3) is 0 Å². The summed E-state index contributed by atoms with van der Waals surface area (Å²) < 4.78 is 0. The van der Waals surface area contributed by atoms with Crippen molar-refractivity contribution >= 4 is 11.9 Å². The van der Waals surface area contributed by atoms with E-state index in [9.17, 15) is 0 Å². The molecule has 0 atom stereocenters. The Kier molecular flexibility index (Phi) is 1.61. The quantitative estimate of drug-likeness (QED) is 0.565. The van der Waals surface area contributed by atoms with Crippen LogP contribution in [0.5, 0.6) is 0 Å². The Balaban J connectivity index is 2.55. The molecule has 0 bridgehead atoms. The van der Waals surface area contributed by atoms with Crippen molar-refractivity contribution in [1.82, 2.24) is 0 Å². The average molecular weight is 160 g/mol. The van der Waals surface area contributed by atoms with Crippen LogP contribution in [0.1, 0.15) is 11.1 Å². The van der Waals surface area contributed by atoms with E-state index in [2.05, 4.69) is 42.1 Å². The molecule has 1 aromatic rings. The number of benzene rings is 1. The number of rotatable bonds is 0. The smallest absolute Gasteiger partial charge is 0.109 e. The molecule has 0 fully saturated rings. The molecule has 0 amide bonds. The third kappa shape index (κ3) is 1.09. The van der Waals surface area contributed by atoms with E-state index >= 15 is 0 Å². The maximum absolute atomic E-state index is 4.24. The molecule has 0 aromatic heterocycles. The van der Waals surface area contributed by atoms with Crippen molar-refractivity contribution in [3.05, 3.63) is 29.3 Å². The number of aryl methyl sites for hydroxylation is 1. The normalized spacial score (nSPS) is 14.7. The molecule has 1 aliphatic heterocycles. The highest BCUT2D eigenvalue weighted by Gasteiger charge is 2.08. The molecule has 0 radical (unpaired) electrons. The minimum absolute atomic E-state index is 0.774. The lowest BCUT2D eigenvalue weighted by molar-refractivity contribution is 0.922. The largest absolute Gasteiger partial charge is 0.355 e. The van der Waals surface area contributed by atoms with E-state index in [4.69, 9.17) is 0 Å². The van der Waals surface area contributed by atoms with Gasteiger partial charge in [-0.15, -0.1) is 0 Å². The summed E-state index contributed by atoms with van der Waals surface area (Å²) >= 11 is 0. The van der Waals surface area contributed by atoms with Crippen LogP contribution in [0, 0.1) is 6.92 Å². The van der Waals surface area contributed by atoms with Gasteiger partial charge in [0.1, 0.15) is 6.67 Å². The van der Waals surface area contributed by atoms with Gasteiger partial charge < -0.3 is 4.90 Å². The van der Waals surface area contributed by atoms with Crippen molar-refractivity contribution in [1.29, 1.82) is 0 Å². The van der Waals surface area contributed by atoms with Gasteiger partial charge in [0.2, 0.25) is 0 Å². The summed E-state index contributed by atoms with van der Waals surface area (Å²) in [6, 6.07) is 6.44. The van der Waals surface area contributed by atoms with Crippen LogP contribution in [0.25, 0.3) is 0 Å². The summed E-state index contributed by atoms with van der Waals surface area (Å²) in [6.45, 7) is 2.87. The average Bonchev–Trinajstić information content (AvgIpc) is 2.04. The minimum atomic E-state index is 0.774. The fraction of sp³-hybridized carbons (Fsp3) is 0.300. The lowest BCUT2D eigenvalue weighted by Gasteiger charge is -2.22. The number of aliphatic imine (C=N–C) groups is 1. The molecule has 0 saturated heterocycles. The lowest BCUT2D eigenvalue weighted by atomic mass is 10.1. The highest BCUT2D eigenvalue weighted by molar-refractivity contribution is 5.89. The van der Waals surface area contributed by atoms with Gasteiger partial charge in [-0.2, -0.15) is 0 Å². The zero-order valence-electron chi connectivity index (χ0n) is 7.41. The second kappa shape index (κ2) is 2.63. The summed E-state index contributed by atoms with van der Waals surface area (Å²) in [5, 5.41) is 0. The molecule has 1 heterocycles. The van der Waals surface area contributed by atoms with Crippen molar-refractivity contribution in [2.45, 2.75) is 6.92 Å². The fourth-order valence-electron chi connectivity index (χ4n) is 1.46. The molecular weight excluding hydrogens is 148 g/mol. The minimum Gasteiger partial charge on any atom is -0.355 e. The predicted molar refractivity (Wildman–Crippen MR) is 52.0 cm³/mol. The van der Waals surface area contributed by atoms with Crippen LogP contribution >= 0.6 is 0 Å². The molecule has 2 rings (SSSR count). The van der Waals surface area contributed by atoms with Gasteiger partial charge in [-0.25, -0.2) is 0 Å². The van der Waals surface area contributed by atoms with Crippen LogP contribution in [-0.2, 0) is 0 Å². The molecule has 0 unspecified atom stereocenters. The standard InChI is InChI=1S/C10H12N2/c1-8-3-4-10-9(5-8)6-11-7-12(10)2/h3-6H,7H2,1-2H3. The van der Waals surface area contributed by atoms with Crippen molar-refractivity contribution in [2.24, 2.45) is 4.99 Å². The number of anilines is 1. The highest BCUT2D eigenvalue weighted by atomic mass is 15.2. The van der Waals surface area contributed by atoms with Gasteiger partial charge in [0.15, 0.2) is 0 Å². The Bertz CT molecular complexity index is 329. The number of hydrogen-bond donors (Lipinski definition) is 0. The second-order valence-electron chi connectivity index (χ2n) is 3.21. The van der Waals surface area contributed by atoms with E-state index in [0.29, 0.717) is 0 Å². The van der Waals surface area contributed by atoms with Crippen LogP contribution in [0.4, 0.5) is 5.69 Å². The molecular formula is C10H12N2. The van der Waals surface area contributed by atoms with Crippen molar-refractivity contribution in [3.8, 4) is 0 Å². The van der Waals surface area contributed by atoms with Crippen LogP contribution < -0.4 is 4.90 Å². The van der Waals surface area contributed by atoms with Gasteiger partial charge in [-0.05, 0) is 19.1 Å². The van der Waals surface area contributed by atoms with Crippen molar-refractivity contribution in [3.63, 3.8) is 0 Å². The van der Waals surface area contributed by atoms with Crippen molar-refractivity contribution in [2.75, 3.05) is 18.6 Å². The third-order valence-corrected chi connectivity index (χ3v) is 2.12. The van der Waals surface area contributed by atoms with E-state index in [1.165, 1.54) is 16.8 Å². The maximum Gasteiger partial charge on any atom is 0.109 e. The van der Waals surface area contributed by atoms with E-state index < -0.39 is 0 Å². The Labute approximate surface area is 72.5 Å². The topological polar surface area (TPSA) is 15.6 Å². The summed E-state index contributed by atoms with van der Waals surface area (Å²) in [4.78, 5) is 6.39. The molecule has 0 N–H and O–H groups in total. The van der Waals surface area contributed by atoms with Crippen LogP contribution in [0.2, 0.25) is 0 Å². The second-order valence-corrected chi connectivity index (χ2v) is 3.21. The van der Waals surface area contributed by atoms with E-state index in [1.807, 2.05) is 6.21 Å². The van der Waals surface area contributed by atoms with Gasteiger partial charge >= 0.3 is 0 Å². The number of nitrogens with zero attached hydrogens (tertiary/aromatic N) is 2. The Morgan fingerprint density at radius 2 is 2.25 bits per heavy atom. The van der Waals surface area contributed by atoms with E-state index in [0.717, 1.165) is 6.67 Å². The number of hydrogen-bond acceptors (Lipinski definition) is 2. The molecule has 0 saturated carbocycles. The molecule has 1 aromatic carbocycles. The third-order valence-electron chi connectivity index (χ3n) is 2.12. The first-order valence-electron chi connectivity index (χ1n) is 4.09. The van der Waals surface area contributed by atoms with E-state index in [1.54, 1.807) is 0 Å².